The first-order valence-electron chi connectivity index (χ1n) is 5.19. The highest BCUT2D eigenvalue weighted by Gasteiger charge is 2.05. The smallest absolute Gasteiger partial charge is 0.128 e. The molecule has 3 heteroatoms. The van der Waals surface area contributed by atoms with Crippen LogP contribution in [0.1, 0.15) is 25.5 Å². The van der Waals surface area contributed by atoms with Crippen LogP contribution in [0.4, 0.5) is 5.82 Å². The van der Waals surface area contributed by atoms with Gasteiger partial charge in [-0.25, -0.2) is 4.98 Å². The number of hydrogen-bond donors (Lipinski definition) is 1. The van der Waals surface area contributed by atoms with Crippen molar-refractivity contribution in [3.05, 3.63) is 36.5 Å². The fourth-order valence-electron chi connectivity index (χ4n) is 1.37. The van der Waals surface area contributed by atoms with Crippen molar-refractivity contribution in [3.63, 3.8) is 0 Å². The quantitative estimate of drug-likeness (QED) is 0.750. The van der Waals surface area contributed by atoms with E-state index in [1.165, 1.54) is 0 Å². The topological polar surface area (TPSA) is 36.4 Å². The van der Waals surface area contributed by atoms with Crippen LogP contribution in [0.5, 0.6) is 0 Å². The van der Waals surface area contributed by atoms with E-state index >= 15 is 0 Å². The highest BCUT2D eigenvalue weighted by molar-refractivity contribution is 5.40. The Morgan fingerprint density at radius 2 is 2.33 bits per heavy atom. The number of likely N-dealkylation sites (N-methyl/N-ethyl adjacent to an activating group) is 1. The maximum absolute atomic E-state index is 9.34. The Balaban J connectivity index is 2.81. The van der Waals surface area contributed by atoms with Gasteiger partial charge in [-0.3, -0.25) is 0 Å². The van der Waals surface area contributed by atoms with Gasteiger partial charge in [0.15, 0.2) is 0 Å². The zero-order valence-electron chi connectivity index (χ0n) is 9.35. The summed E-state index contributed by atoms with van der Waals surface area (Å²) in [4.78, 5) is 6.42. The standard InChI is InChI=1S/C12H18N2O/c1-4-8-14(5-2)12-7-6-11(9-13-12)10(3)15/h4,6-7,9-10,15H,1,5,8H2,2-3H3. The molecule has 1 aromatic rings. The predicted molar refractivity (Wildman–Crippen MR) is 63.0 cm³/mol. The molecular weight excluding hydrogens is 188 g/mol. The second-order valence-electron chi connectivity index (χ2n) is 3.45. The monoisotopic (exact) mass is 206 g/mol. The maximum atomic E-state index is 9.34. The lowest BCUT2D eigenvalue weighted by molar-refractivity contribution is 0.199. The van der Waals surface area contributed by atoms with E-state index in [9.17, 15) is 5.11 Å². The number of nitrogens with zero attached hydrogens (tertiary/aromatic N) is 2. The summed E-state index contributed by atoms with van der Waals surface area (Å²) in [5.41, 5.74) is 0.841. The lowest BCUT2D eigenvalue weighted by Gasteiger charge is -2.20. The molecular formula is C12H18N2O. The second-order valence-corrected chi connectivity index (χ2v) is 3.45. The van der Waals surface area contributed by atoms with E-state index in [1.54, 1.807) is 13.1 Å². The first-order valence-corrected chi connectivity index (χ1v) is 5.19. The van der Waals surface area contributed by atoms with E-state index in [1.807, 2.05) is 18.2 Å². The van der Waals surface area contributed by atoms with Gasteiger partial charge in [0.1, 0.15) is 5.82 Å². The van der Waals surface area contributed by atoms with Crippen molar-refractivity contribution in [2.24, 2.45) is 0 Å². The summed E-state index contributed by atoms with van der Waals surface area (Å²) < 4.78 is 0. The largest absolute Gasteiger partial charge is 0.389 e. The number of aromatic nitrogens is 1. The number of anilines is 1. The molecule has 15 heavy (non-hydrogen) atoms. The van der Waals surface area contributed by atoms with E-state index in [0.29, 0.717) is 0 Å². The molecule has 1 unspecified atom stereocenters. The van der Waals surface area contributed by atoms with Crippen molar-refractivity contribution in [1.29, 1.82) is 0 Å². The number of aliphatic hydroxyl groups excluding tert-OH is 1. The molecule has 0 saturated heterocycles. The number of aliphatic hydroxyl groups is 1. The van der Waals surface area contributed by atoms with E-state index in [2.05, 4.69) is 23.4 Å². The van der Waals surface area contributed by atoms with Gasteiger partial charge in [0.25, 0.3) is 0 Å². The SMILES string of the molecule is C=CCN(CC)c1ccc(C(C)O)cn1. The third kappa shape index (κ3) is 3.06. The van der Waals surface area contributed by atoms with Gasteiger partial charge in [0, 0.05) is 19.3 Å². The Hall–Kier alpha value is -1.35. The van der Waals surface area contributed by atoms with E-state index in [4.69, 9.17) is 0 Å². The Kier molecular flexibility index (Phi) is 4.31. The molecule has 1 rings (SSSR count). The second kappa shape index (κ2) is 5.51. The average Bonchev–Trinajstić information content (AvgIpc) is 2.26. The molecule has 0 aliphatic rings. The molecule has 0 aliphatic heterocycles. The minimum atomic E-state index is -0.457. The number of hydrogen-bond acceptors (Lipinski definition) is 3. The van der Waals surface area contributed by atoms with Gasteiger partial charge in [-0.1, -0.05) is 12.1 Å². The molecule has 0 fully saturated rings. The van der Waals surface area contributed by atoms with Crippen LogP contribution in [-0.2, 0) is 0 Å². The highest BCUT2D eigenvalue weighted by Crippen LogP contribution is 2.15. The Morgan fingerprint density at radius 1 is 1.60 bits per heavy atom. The Bertz CT molecular complexity index is 306. The molecule has 82 valence electrons. The molecule has 0 spiro atoms. The number of rotatable bonds is 5. The van der Waals surface area contributed by atoms with Gasteiger partial charge in [-0.2, -0.15) is 0 Å². The summed E-state index contributed by atoms with van der Waals surface area (Å²) in [6.07, 6.45) is 3.11. The van der Waals surface area contributed by atoms with Crippen LogP contribution >= 0.6 is 0 Å². The number of pyridine rings is 1. The molecule has 0 amide bonds. The lowest BCUT2D eigenvalue weighted by atomic mass is 10.2. The first kappa shape index (κ1) is 11.7. The van der Waals surface area contributed by atoms with Crippen LogP contribution < -0.4 is 4.90 Å². The van der Waals surface area contributed by atoms with Gasteiger partial charge >= 0.3 is 0 Å². The highest BCUT2D eigenvalue weighted by atomic mass is 16.3. The average molecular weight is 206 g/mol. The van der Waals surface area contributed by atoms with Crippen molar-refractivity contribution in [2.45, 2.75) is 20.0 Å². The van der Waals surface area contributed by atoms with Crippen LogP contribution in [0.2, 0.25) is 0 Å². The molecule has 1 N–H and O–H groups in total. The first-order chi connectivity index (χ1) is 7.19. The Morgan fingerprint density at radius 3 is 2.73 bits per heavy atom. The van der Waals surface area contributed by atoms with E-state index < -0.39 is 6.10 Å². The van der Waals surface area contributed by atoms with Crippen molar-refractivity contribution in [2.75, 3.05) is 18.0 Å². The third-order valence-electron chi connectivity index (χ3n) is 2.31. The van der Waals surface area contributed by atoms with E-state index in [-0.39, 0.29) is 0 Å². The molecule has 1 heterocycles. The van der Waals surface area contributed by atoms with Gasteiger partial charge < -0.3 is 10.0 Å². The zero-order chi connectivity index (χ0) is 11.3. The normalized spacial score (nSPS) is 12.2. The summed E-state index contributed by atoms with van der Waals surface area (Å²) in [5, 5.41) is 9.34. The molecule has 3 nitrogen and oxygen atoms in total. The van der Waals surface area contributed by atoms with Gasteiger partial charge in [0.2, 0.25) is 0 Å². The van der Waals surface area contributed by atoms with Crippen molar-refractivity contribution in [1.82, 2.24) is 4.98 Å². The van der Waals surface area contributed by atoms with Crippen molar-refractivity contribution < 1.29 is 5.11 Å². The minimum Gasteiger partial charge on any atom is -0.389 e. The molecule has 1 atom stereocenters. The fourth-order valence-corrected chi connectivity index (χ4v) is 1.37. The van der Waals surface area contributed by atoms with Crippen molar-refractivity contribution >= 4 is 5.82 Å². The van der Waals surface area contributed by atoms with Crippen LogP contribution in [0.25, 0.3) is 0 Å². The van der Waals surface area contributed by atoms with Crippen molar-refractivity contribution in [3.8, 4) is 0 Å². The summed E-state index contributed by atoms with van der Waals surface area (Å²) in [6.45, 7) is 9.21. The molecule has 0 saturated carbocycles. The summed E-state index contributed by atoms with van der Waals surface area (Å²) in [5.74, 6) is 0.918. The van der Waals surface area contributed by atoms with Gasteiger partial charge in [-0.05, 0) is 25.5 Å². The summed E-state index contributed by atoms with van der Waals surface area (Å²) in [6, 6.07) is 3.83. The molecule has 0 radical (unpaired) electrons. The molecule has 0 bridgehead atoms. The van der Waals surface area contributed by atoms with Crippen LogP contribution in [0.3, 0.4) is 0 Å². The lowest BCUT2D eigenvalue weighted by Crippen LogP contribution is -2.23. The maximum Gasteiger partial charge on any atom is 0.128 e. The van der Waals surface area contributed by atoms with Crippen LogP contribution in [-0.4, -0.2) is 23.2 Å². The molecule has 0 aliphatic carbocycles. The minimum absolute atomic E-state index is 0.457. The molecule has 1 aromatic heterocycles. The van der Waals surface area contributed by atoms with Gasteiger partial charge in [0.05, 0.1) is 6.10 Å². The van der Waals surface area contributed by atoms with Gasteiger partial charge in [-0.15, -0.1) is 6.58 Å². The third-order valence-corrected chi connectivity index (χ3v) is 2.31. The summed E-state index contributed by atoms with van der Waals surface area (Å²) in [7, 11) is 0. The molecule has 0 aromatic carbocycles. The summed E-state index contributed by atoms with van der Waals surface area (Å²) >= 11 is 0. The fraction of sp³-hybridized carbons (Fsp3) is 0.417. The predicted octanol–water partition coefficient (Wildman–Crippen LogP) is 2.15. The van der Waals surface area contributed by atoms with Crippen LogP contribution in [0, 0.1) is 0 Å². The van der Waals surface area contributed by atoms with E-state index in [0.717, 1.165) is 24.5 Å². The van der Waals surface area contributed by atoms with Crippen LogP contribution in [0.15, 0.2) is 31.0 Å². The Labute approximate surface area is 91.1 Å². The zero-order valence-corrected chi connectivity index (χ0v) is 9.35.